The number of aromatic nitrogens is 2. The highest BCUT2D eigenvalue weighted by atomic mass is 16.2. The van der Waals surface area contributed by atoms with Gasteiger partial charge in [0, 0.05) is 38.8 Å². The van der Waals surface area contributed by atoms with Crippen LogP contribution in [0.15, 0.2) is 30.3 Å². The molecule has 144 valence electrons. The van der Waals surface area contributed by atoms with Crippen LogP contribution in [0, 0.1) is 13.8 Å². The summed E-state index contributed by atoms with van der Waals surface area (Å²) in [7, 11) is 1.87. The van der Waals surface area contributed by atoms with Crippen LogP contribution in [0.5, 0.6) is 0 Å². The summed E-state index contributed by atoms with van der Waals surface area (Å²) in [6.45, 7) is 8.34. The van der Waals surface area contributed by atoms with Crippen LogP contribution in [-0.4, -0.2) is 63.6 Å². The normalized spacial score (nSPS) is 16.2. The van der Waals surface area contributed by atoms with Crippen molar-refractivity contribution in [1.82, 2.24) is 19.6 Å². The van der Waals surface area contributed by atoms with Gasteiger partial charge in [-0.25, -0.2) is 0 Å². The minimum atomic E-state index is -0.266. The van der Waals surface area contributed by atoms with Gasteiger partial charge in [0.05, 0.1) is 23.1 Å². The number of nitrogens with one attached hydrogen (secondary N) is 1. The van der Waals surface area contributed by atoms with E-state index in [1.165, 1.54) is 0 Å². The van der Waals surface area contributed by atoms with Crippen molar-refractivity contribution in [2.45, 2.75) is 26.8 Å². The maximum absolute atomic E-state index is 12.7. The van der Waals surface area contributed by atoms with Gasteiger partial charge < -0.3 is 10.2 Å². The zero-order valence-electron chi connectivity index (χ0n) is 16.4. The van der Waals surface area contributed by atoms with Gasteiger partial charge in [0.25, 0.3) is 5.91 Å². The number of hydrogen-bond acceptors (Lipinski definition) is 4. The SMILES string of the molecule is Cc1nn(C)c(C)c1NC(=O)[C@@H](C)N1CCN(C(=O)c2ccccc2)CC1. The minimum absolute atomic E-state index is 0.0444. The van der Waals surface area contributed by atoms with Crippen molar-refractivity contribution in [3.05, 3.63) is 47.3 Å². The van der Waals surface area contributed by atoms with Crippen LogP contribution < -0.4 is 5.32 Å². The lowest BCUT2D eigenvalue weighted by atomic mass is 10.1. The zero-order valence-corrected chi connectivity index (χ0v) is 16.4. The molecule has 0 aliphatic carbocycles. The third kappa shape index (κ3) is 4.03. The summed E-state index contributed by atoms with van der Waals surface area (Å²) in [6.07, 6.45) is 0. The fourth-order valence-corrected chi connectivity index (χ4v) is 3.42. The van der Waals surface area contributed by atoms with Crippen molar-refractivity contribution in [3.8, 4) is 0 Å². The molecule has 1 saturated heterocycles. The Labute approximate surface area is 159 Å². The van der Waals surface area contributed by atoms with Crippen LogP contribution in [0.4, 0.5) is 5.69 Å². The van der Waals surface area contributed by atoms with Crippen LogP contribution >= 0.6 is 0 Å². The van der Waals surface area contributed by atoms with Gasteiger partial charge in [0.2, 0.25) is 5.91 Å². The number of carbonyl (C=O) groups is 2. The first kappa shape index (κ1) is 19.1. The van der Waals surface area contributed by atoms with Crippen molar-refractivity contribution >= 4 is 17.5 Å². The lowest BCUT2D eigenvalue weighted by Crippen LogP contribution is -2.54. The van der Waals surface area contributed by atoms with E-state index >= 15 is 0 Å². The van der Waals surface area contributed by atoms with Gasteiger partial charge in [-0.2, -0.15) is 5.10 Å². The predicted molar refractivity (Wildman–Crippen MR) is 105 cm³/mol. The van der Waals surface area contributed by atoms with Gasteiger partial charge in [0.1, 0.15) is 0 Å². The molecule has 1 aliphatic rings. The summed E-state index contributed by atoms with van der Waals surface area (Å²) < 4.78 is 1.77. The summed E-state index contributed by atoms with van der Waals surface area (Å²) >= 11 is 0. The van der Waals surface area contributed by atoms with Crippen LogP contribution in [-0.2, 0) is 11.8 Å². The number of piperazine rings is 1. The molecule has 2 amide bonds. The molecule has 1 aromatic carbocycles. The molecule has 1 aliphatic heterocycles. The molecule has 0 spiro atoms. The molecule has 2 aromatic rings. The van der Waals surface area contributed by atoms with Gasteiger partial charge in [-0.1, -0.05) is 18.2 Å². The third-order valence-corrected chi connectivity index (χ3v) is 5.31. The Morgan fingerprint density at radius 3 is 2.26 bits per heavy atom. The molecule has 7 nitrogen and oxygen atoms in total. The molecule has 0 unspecified atom stereocenters. The number of carbonyl (C=O) groups excluding carboxylic acids is 2. The number of benzene rings is 1. The lowest BCUT2D eigenvalue weighted by Gasteiger charge is -2.37. The number of aryl methyl sites for hydroxylation is 2. The smallest absolute Gasteiger partial charge is 0.253 e. The van der Waals surface area contributed by atoms with E-state index < -0.39 is 0 Å². The molecular formula is C20H27N5O2. The summed E-state index contributed by atoms with van der Waals surface area (Å²) in [6, 6.07) is 9.06. The molecule has 2 heterocycles. The van der Waals surface area contributed by atoms with Gasteiger partial charge in [-0.05, 0) is 32.9 Å². The van der Waals surface area contributed by atoms with E-state index in [4.69, 9.17) is 0 Å². The van der Waals surface area contributed by atoms with Crippen molar-refractivity contribution in [3.63, 3.8) is 0 Å². The third-order valence-electron chi connectivity index (χ3n) is 5.31. The number of hydrogen-bond donors (Lipinski definition) is 1. The Balaban J connectivity index is 1.57. The van der Waals surface area contributed by atoms with Gasteiger partial charge in [-0.15, -0.1) is 0 Å². The van der Waals surface area contributed by atoms with Gasteiger partial charge in [-0.3, -0.25) is 19.2 Å². The number of amides is 2. The second kappa shape index (κ2) is 7.92. The Morgan fingerprint density at radius 1 is 1.07 bits per heavy atom. The highest BCUT2D eigenvalue weighted by molar-refractivity contribution is 5.96. The van der Waals surface area contributed by atoms with E-state index in [2.05, 4.69) is 15.3 Å². The molecule has 1 N–H and O–H groups in total. The van der Waals surface area contributed by atoms with E-state index in [0.717, 1.165) is 17.1 Å². The molecule has 0 radical (unpaired) electrons. The molecule has 0 bridgehead atoms. The summed E-state index contributed by atoms with van der Waals surface area (Å²) in [4.78, 5) is 29.2. The van der Waals surface area contributed by atoms with Crippen LogP contribution in [0.2, 0.25) is 0 Å². The van der Waals surface area contributed by atoms with E-state index in [0.29, 0.717) is 31.7 Å². The first-order valence-corrected chi connectivity index (χ1v) is 9.28. The Bertz CT molecular complexity index is 822. The molecular weight excluding hydrogens is 342 g/mol. The molecule has 1 fully saturated rings. The van der Waals surface area contributed by atoms with Gasteiger partial charge >= 0.3 is 0 Å². The highest BCUT2D eigenvalue weighted by Gasteiger charge is 2.28. The maximum atomic E-state index is 12.7. The zero-order chi connectivity index (χ0) is 19.6. The summed E-state index contributed by atoms with van der Waals surface area (Å²) in [5.41, 5.74) is 3.24. The topological polar surface area (TPSA) is 70.5 Å². The van der Waals surface area contributed by atoms with Gasteiger partial charge in [0.15, 0.2) is 0 Å². The first-order chi connectivity index (χ1) is 12.9. The van der Waals surface area contributed by atoms with Crippen LogP contribution in [0.1, 0.15) is 28.7 Å². The number of anilines is 1. The fraction of sp³-hybridized carbons (Fsp3) is 0.450. The molecule has 27 heavy (non-hydrogen) atoms. The predicted octanol–water partition coefficient (Wildman–Crippen LogP) is 1.82. The molecule has 1 atom stereocenters. The Kier molecular flexibility index (Phi) is 5.60. The van der Waals surface area contributed by atoms with Crippen molar-refractivity contribution in [1.29, 1.82) is 0 Å². The first-order valence-electron chi connectivity index (χ1n) is 9.28. The standard InChI is InChI=1S/C20H27N5O2/c1-14-18(15(2)23(4)22-14)21-19(26)16(3)24-10-12-25(13-11-24)20(27)17-8-6-5-7-9-17/h5-9,16H,10-13H2,1-4H3,(H,21,26)/t16-/m1/s1. The maximum Gasteiger partial charge on any atom is 0.253 e. The monoisotopic (exact) mass is 369 g/mol. The average molecular weight is 369 g/mol. The van der Waals surface area contributed by atoms with Crippen LogP contribution in [0.3, 0.4) is 0 Å². The van der Waals surface area contributed by atoms with E-state index in [-0.39, 0.29) is 17.9 Å². The Hall–Kier alpha value is -2.67. The number of rotatable bonds is 4. The molecule has 1 aromatic heterocycles. The lowest BCUT2D eigenvalue weighted by molar-refractivity contribution is -0.121. The van der Waals surface area contributed by atoms with Crippen LogP contribution in [0.25, 0.3) is 0 Å². The summed E-state index contributed by atoms with van der Waals surface area (Å²) in [5, 5.41) is 7.35. The largest absolute Gasteiger partial charge is 0.336 e. The van der Waals surface area contributed by atoms with E-state index in [1.54, 1.807) is 4.68 Å². The molecule has 3 rings (SSSR count). The number of nitrogens with zero attached hydrogens (tertiary/aromatic N) is 4. The molecule has 0 saturated carbocycles. The van der Waals surface area contributed by atoms with Crippen molar-refractivity contribution in [2.24, 2.45) is 7.05 Å². The minimum Gasteiger partial charge on any atom is -0.336 e. The Morgan fingerprint density at radius 2 is 1.70 bits per heavy atom. The van der Waals surface area contributed by atoms with Crippen molar-refractivity contribution in [2.75, 3.05) is 31.5 Å². The highest BCUT2D eigenvalue weighted by Crippen LogP contribution is 2.19. The van der Waals surface area contributed by atoms with E-state index in [9.17, 15) is 9.59 Å². The van der Waals surface area contributed by atoms with E-state index in [1.807, 2.05) is 63.1 Å². The fourth-order valence-electron chi connectivity index (χ4n) is 3.42. The van der Waals surface area contributed by atoms with Crippen molar-refractivity contribution < 1.29 is 9.59 Å². The second-order valence-electron chi connectivity index (χ2n) is 7.03. The average Bonchev–Trinajstić information content (AvgIpc) is 2.93. The quantitative estimate of drug-likeness (QED) is 0.893. The second-order valence-corrected chi connectivity index (χ2v) is 7.03. The summed E-state index contributed by atoms with van der Waals surface area (Å²) in [5.74, 6) is 0.00556. The molecule has 7 heteroatoms.